The first-order chi connectivity index (χ1) is 11.6. The Labute approximate surface area is 138 Å². The Morgan fingerprint density at radius 1 is 1.21 bits per heavy atom. The van der Waals surface area contributed by atoms with Crippen molar-refractivity contribution < 1.29 is 9.18 Å². The number of amides is 1. The van der Waals surface area contributed by atoms with Gasteiger partial charge in [-0.3, -0.25) is 14.8 Å². The molecule has 1 fully saturated rings. The van der Waals surface area contributed by atoms with Gasteiger partial charge in [-0.25, -0.2) is 9.37 Å². The van der Waals surface area contributed by atoms with E-state index >= 15 is 0 Å². The molecule has 2 atom stereocenters. The van der Waals surface area contributed by atoms with Crippen molar-refractivity contribution in [3.63, 3.8) is 0 Å². The van der Waals surface area contributed by atoms with E-state index in [0.717, 1.165) is 27.6 Å². The van der Waals surface area contributed by atoms with Gasteiger partial charge < -0.3 is 5.32 Å². The summed E-state index contributed by atoms with van der Waals surface area (Å²) < 4.78 is 12.9. The summed E-state index contributed by atoms with van der Waals surface area (Å²) >= 11 is 0. The van der Waals surface area contributed by atoms with Crippen molar-refractivity contribution in [3.05, 3.63) is 48.5 Å². The summed E-state index contributed by atoms with van der Waals surface area (Å²) in [5.41, 5.74) is 2.89. The summed E-state index contributed by atoms with van der Waals surface area (Å²) in [6, 6.07) is 5.63. The van der Waals surface area contributed by atoms with Gasteiger partial charge in [0, 0.05) is 41.1 Å². The number of aromatic nitrogens is 3. The summed E-state index contributed by atoms with van der Waals surface area (Å²) in [7, 11) is 0. The molecular weight excluding hydrogens is 307 g/mol. The van der Waals surface area contributed by atoms with Crippen molar-refractivity contribution in [2.75, 3.05) is 5.32 Å². The molecule has 0 radical (unpaired) electrons. The number of halogens is 1. The quantitative estimate of drug-likeness (QED) is 0.803. The van der Waals surface area contributed by atoms with E-state index in [0.29, 0.717) is 12.2 Å². The number of fused-ring (bicyclic) bond motifs is 1. The minimum Gasteiger partial charge on any atom is -0.310 e. The van der Waals surface area contributed by atoms with Gasteiger partial charge in [-0.05, 0) is 37.1 Å². The highest BCUT2D eigenvalue weighted by Gasteiger charge is 2.43. The zero-order valence-electron chi connectivity index (χ0n) is 13.0. The molecule has 24 heavy (non-hydrogen) atoms. The Morgan fingerprint density at radius 3 is 2.71 bits per heavy atom. The number of carbonyl (C=O) groups excluding carboxylic acids is 1. The average Bonchev–Trinajstić information content (AvgIpc) is 3.32. The van der Waals surface area contributed by atoms with Gasteiger partial charge in [0.15, 0.2) is 0 Å². The fourth-order valence-electron chi connectivity index (χ4n) is 2.64. The van der Waals surface area contributed by atoms with Gasteiger partial charge in [-0.2, -0.15) is 0 Å². The van der Waals surface area contributed by atoms with E-state index in [9.17, 15) is 9.18 Å². The number of pyridine rings is 3. The Bertz CT molecular complexity index is 943. The topological polar surface area (TPSA) is 67.8 Å². The molecule has 4 rings (SSSR count). The number of carbonyl (C=O) groups is 1. The fraction of sp³-hybridized carbons (Fsp3) is 0.222. The fourth-order valence-corrected chi connectivity index (χ4v) is 2.64. The SMILES string of the molecule is Cc1ccncc1-c1cc2cnc(NC(=O)C3CC3F)cc2cn1. The molecule has 120 valence electrons. The van der Waals surface area contributed by atoms with E-state index in [1.54, 1.807) is 30.9 Å². The number of hydrogen-bond acceptors (Lipinski definition) is 4. The average molecular weight is 322 g/mol. The van der Waals surface area contributed by atoms with Crippen LogP contribution in [0.3, 0.4) is 0 Å². The molecule has 1 aliphatic rings. The van der Waals surface area contributed by atoms with Crippen LogP contribution in [0.25, 0.3) is 22.0 Å². The third-order valence-corrected chi connectivity index (χ3v) is 4.22. The van der Waals surface area contributed by atoms with Crippen LogP contribution < -0.4 is 5.32 Å². The molecule has 0 spiro atoms. The molecule has 6 heteroatoms. The number of anilines is 1. The first kappa shape index (κ1) is 14.7. The number of nitrogens with one attached hydrogen (secondary N) is 1. The van der Waals surface area contributed by atoms with Crippen molar-refractivity contribution in [2.24, 2.45) is 5.92 Å². The molecule has 2 unspecified atom stereocenters. The lowest BCUT2D eigenvalue weighted by Crippen LogP contribution is -2.15. The first-order valence-corrected chi connectivity index (χ1v) is 7.73. The molecule has 5 nitrogen and oxygen atoms in total. The van der Waals surface area contributed by atoms with Crippen LogP contribution in [0, 0.1) is 12.8 Å². The second-order valence-corrected chi connectivity index (χ2v) is 6.02. The minimum atomic E-state index is -1.02. The summed E-state index contributed by atoms with van der Waals surface area (Å²) in [6.45, 7) is 2.01. The number of alkyl halides is 1. The molecule has 0 saturated heterocycles. The Hall–Kier alpha value is -2.89. The maximum absolute atomic E-state index is 12.9. The largest absolute Gasteiger partial charge is 0.310 e. The second-order valence-electron chi connectivity index (χ2n) is 6.02. The lowest BCUT2D eigenvalue weighted by Gasteiger charge is -2.07. The predicted octanol–water partition coefficient (Wildman–Crippen LogP) is 3.30. The summed E-state index contributed by atoms with van der Waals surface area (Å²) in [5.74, 6) is -0.430. The molecular formula is C18H15FN4O. The van der Waals surface area contributed by atoms with Crippen LogP contribution in [0.5, 0.6) is 0 Å². The summed E-state index contributed by atoms with van der Waals surface area (Å²) in [5, 5.41) is 4.43. The Kier molecular flexibility index (Phi) is 3.45. The van der Waals surface area contributed by atoms with Gasteiger partial charge in [0.05, 0.1) is 11.6 Å². The van der Waals surface area contributed by atoms with Gasteiger partial charge >= 0.3 is 0 Å². The van der Waals surface area contributed by atoms with Crippen LogP contribution in [-0.2, 0) is 4.79 Å². The van der Waals surface area contributed by atoms with Crippen molar-refractivity contribution in [1.29, 1.82) is 0 Å². The van der Waals surface area contributed by atoms with Crippen LogP contribution in [-0.4, -0.2) is 27.0 Å². The lowest BCUT2D eigenvalue weighted by molar-refractivity contribution is -0.117. The molecule has 0 aliphatic heterocycles. The minimum absolute atomic E-state index is 0.300. The molecule has 0 aromatic carbocycles. The van der Waals surface area contributed by atoms with Crippen molar-refractivity contribution in [3.8, 4) is 11.3 Å². The van der Waals surface area contributed by atoms with Gasteiger partial charge in [0.2, 0.25) is 5.91 Å². The molecule has 3 aromatic rings. The highest BCUT2D eigenvalue weighted by molar-refractivity contribution is 5.96. The molecule has 1 aliphatic carbocycles. The van der Waals surface area contributed by atoms with Crippen molar-refractivity contribution in [1.82, 2.24) is 15.0 Å². The van der Waals surface area contributed by atoms with E-state index in [-0.39, 0.29) is 5.91 Å². The van der Waals surface area contributed by atoms with Crippen LogP contribution in [0.4, 0.5) is 10.2 Å². The van der Waals surface area contributed by atoms with E-state index in [1.807, 2.05) is 19.1 Å². The molecule has 1 N–H and O–H groups in total. The zero-order chi connectivity index (χ0) is 16.7. The monoisotopic (exact) mass is 322 g/mol. The number of rotatable bonds is 3. The maximum Gasteiger partial charge on any atom is 0.231 e. The van der Waals surface area contributed by atoms with Crippen molar-refractivity contribution in [2.45, 2.75) is 19.5 Å². The zero-order valence-corrected chi connectivity index (χ0v) is 13.0. The van der Waals surface area contributed by atoms with Gasteiger partial charge in [-0.1, -0.05) is 0 Å². The van der Waals surface area contributed by atoms with Crippen LogP contribution in [0.2, 0.25) is 0 Å². The smallest absolute Gasteiger partial charge is 0.231 e. The van der Waals surface area contributed by atoms with E-state index in [1.165, 1.54) is 0 Å². The highest BCUT2D eigenvalue weighted by atomic mass is 19.1. The number of hydrogen-bond donors (Lipinski definition) is 1. The molecule has 1 amide bonds. The highest BCUT2D eigenvalue weighted by Crippen LogP contribution is 2.34. The van der Waals surface area contributed by atoms with Crippen LogP contribution in [0.15, 0.2) is 43.0 Å². The normalized spacial score (nSPS) is 19.2. The van der Waals surface area contributed by atoms with Gasteiger partial charge in [0.25, 0.3) is 0 Å². The molecule has 0 bridgehead atoms. The molecule has 3 heterocycles. The van der Waals surface area contributed by atoms with Gasteiger partial charge in [-0.15, -0.1) is 0 Å². The standard InChI is InChI=1S/C18H15FN4O/c1-10-2-3-20-9-14(10)16-4-11-8-22-17(5-12(11)7-21-16)23-18(24)13-6-15(13)19/h2-5,7-9,13,15H,6H2,1H3,(H,22,23,24). The second kappa shape index (κ2) is 5.63. The molecule has 3 aromatic heterocycles. The summed E-state index contributed by atoms with van der Waals surface area (Å²) in [6.07, 6.45) is 6.24. The Balaban J connectivity index is 1.63. The number of nitrogens with zero attached hydrogens (tertiary/aromatic N) is 3. The van der Waals surface area contributed by atoms with E-state index in [4.69, 9.17) is 0 Å². The third-order valence-electron chi connectivity index (χ3n) is 4.22. The maximum atomic E-state index is 12.9. The van der Waals surface area contributed by atoms with Crippen molar-refractivity contribution >= 4 is 22.5 Å². The van der Waals surface area contributed by atoms with Crippen LogP contribution >= 0.6 is 0 Å². The summed E-state index contributed by atoms with van der Waals surface area (Å²) in [4.78, 5) is 24.6. The predicted molar refractivity (Wildman–Crippen MR) is 89.1 cm³/mol. The van der Waals surface area contributed by atoms with Gasteiger partial charge in [0.1, 0.15) is 12.0 Å². The third kappa shape index (κ3) is 2.71. The molecule has 1 saturated carbocycles. The lowest BCUT2D eigenvalue weighted by atomic mass is 10.1. The van der Waals surface area contributed by atoms with E-state index in [2.05, 4.69) is 20.3 Å². The van der Waals surface area contributed by atoms with E-state index < -0.39 is 12.1 Å². The Morgan fingerprint density at radius 2 is 1.96 bits per heavy atom. The number of aryl methyl sites for hydroxylation is 1. The first-order valence-electron chi connectivity index (χ1n) is 7.73. The van der Waals surface area contributed by atoms with Crippen LogP contribution in [0.1, 0.15) is 12.0 Å².